The zero-order chi connectivity index (χ0) is 17.6. The van der Waals surface area contributed by atoms with Crippen molar-refractivity contribution in [3.63, 3.8) is 0 Å². The Morgan fingerprint density at radius 3 is 2.76 bits per heavy atom. The van der Waals surface area contributed by atoms with Gasteiger partial charge in [0.2, 0.25) is 0 Å². The van der Waals surface area contributed by atoms with E-state index in [9.17, 15) is 9.90 Å². The molecule has 1 aromatic carbocycles. The predicted octanol–water partition coefficient (Wildman–Crippen LogP) is 3.95. The fourth-order valence-electron chi connectivity index (χ4n) is 3.35. The molecule has 2 N–H and O–H groups in total. The number of nitrogens with one attached hydrogen (secondary N) is 1. The van der Waals surface area contributed by atoms with Crippen LogP contribution in [-0.2, 0) is 6.42 Å². The first-order chi connectivity index (χ1) is 12.1. The molecule has 1 atom stereocenters. The van der Waals surface area contributed by atoms with Gasteiger partial charge in [-0.15, -0.1) is 0 Å². The van der Waals surface area contributed by atoms with Gasteiger partial charge in [-0.2, -0.15) is 0 Å². The van der Waals surface area contributed by atoms with E-state index < -0.39 is 6.23 Å². The maximum absolute atomic E-state index is 12.6. The van der Waals surface area contributed by atoms with Crippen LogP contribution in [0.1, 0.15) is 53.7 Å². The van der Waals surface area contributed by atoms with Gasteiger partial charge in [-0.1, -0.05) is 43.0 Å². The van der Waals surface area contributed by atoms with Crippen molar-refractivity contribution in [2.45, 2.75) is 44.8 Å². The zero-order valence-electron chi connectivity index (χ0n) is 14.1. The molecule has 0 saturated heterocycles. The molecular weight excluding hydrogens is 336 g/mol. The van der Waals surface area contributed by atoms with Crippen LogP contribution < -0.4 is 5.32 Å². The van der Waals surface area contributed by atoms with Crippen LogP contribution in [0, 0.1) is 5.92 Å². The maximum Gasteiger partial charge on any atom is 0.254 e. The summed E-state index contributed by atoms with van der Waals surface area (Å²) in [6, 6.07) is 11.2. The number of benzene rings is 1. The van der Waals surface area contributed by atoms with Crippen LogP contribution in [0.3, 0.4) is 0 Å². The van der Waals surface area contributed by atoms with Crippen LogP contribution in [-0.4, -0.2) is 22.2 Å². The Hall–Kier alpha value is -1.91. The number of aliphatic hydroxyl groups is 1. The largest absolute Gasteiger partial charge is 0.373 e. The van der Waals surface area contributed by atoms with Crippen molar-refractivity contribution in [2.75, 3.05) is 0 Å². The Balaban J connectivity index is 1.69. The Morgan fingerprint density at radius 2 is 2.04 bits per heavy atom. The van der Waals surface area contributed by atoms with Gasteiger partial charge in [0, 0.05) is 24.2 Å². The van der Waals surface area contributed by atoms with E-state index in [0.717, 1.165) is 36.9 Å². The second-order valence-electron chi connectivity index (χ2n) is 6.63. The first-order valence-electron chi connectivity index (χ1n) is 8.81. The minimum absolute atomic E-state index is 0.133. The van der Waals surface area contributed by atoms with E-state index in [0.29, 0.717) is 17.0 Å². The number of hydrogen-bond donors (Lipinski definition) is 2. The number of rotatable bonds is 5. The highest BCUT2D eigenvalue weighted by atomic mass is 35.5. The highest BCUT2D eigenvalue weighted by Gasteiger charge is 2.24. The Bertz CT molecular complexity index is 715. The first-order valence-corrected chi connectivity index (χ1v) is 9.18. The van der Waals surface area contributed by atoms with Gasteiger partial charge >= 0.3 is 0 Å². The van der Waals surface area contributed by atoms with Crippen molar-refractivity contribution in [3.05, 3.63) is 64.4 Å². The molecule has 1 aliphatic carbocycles. The molecule has 3 rings (SSSR count). The standard InChI is InChI=1S/C20H23ClN2O2/c21-18-10-9-14(12-16-8-4-5-11-22-16)13-17(18)20(25)23-19(24)15-6-2-1-3-7-15/h4-5,8-11,13,15,19,24H,1-3,6-7,12H2,(H,23,25). The number of carbonyl (C=O) groups is 1. The molecule has 0 aliphatic heterocycles. The molecule has 132 valence electrons. The van der Waals surface area contributed by atoms with E-state index in [1.807, 2.05) is 24.3 Å². The molecule has 1 aliphatic rings. The van der Waals surface area contributed by atoms with Crippen LogP contribution in [0.4, 0.5) is 0 Å². The fourth-order valence-corrected chi connectivity index (χ4v) is 3.55. The van der Waals surface area contributed by atoms with Crippen LogP contribution in [0.15, 0.2) is 42.6 Å². The molecule has 25 heavy (non-hydrogen) atoms. The molecular formula is C20H23ClN2O2. The van der Waals surface area contributed by atoms with Crippen molar-refractivity contribution in [1.29, 1.82) is 0 Å². The number of nitrogens with zero attached hydrogens (tertiary/aromatic N) is 1. The van der Waals surface area contributed by atoms with Crippen molar-refractivity contribution in [1.82, 2.24) is 10.3 Å². The predicted molar refractivity (Wildman–Crippen MR) is 98.5 cm³/mol. The molecule has 1 aromatic heterocycles. The lowest BCUT2D eigenvalue weighted by molar-refractivity contribution is 0.0463. The fraction of sp³-hybridized carbons (Fsp3) is 0.400. The molecule has 2 aromatic rings. The Morgan fingerprint density at radius 1 is 1.24 bits per heavy atom. The third kappa shape index (κ3) is 4.80. The lowest BCUT2D eigenvalue weighted by Gasteiger charge is -2.27. The highest BCUT2D eigenvalue weighted by Crippen LogP contribution is 2.26. The molecule has 1 amide bonds. The van der Waals surface area contributed by atoms with Gasteiger partial charge in [0.15, 0.2) is 0 Å². The minimum Gasteiger partial charge on any atom is -0.373 e. The van der Waals surface area contributed by atoms with E-state index >= 15 is 0 Å². The topological polar surface area (TPSA) is 62.2 Å². The number of hydrogen-bond acceptors (Lipinski definition) is 3. The van der Waals surface area contributed by atoms with E-state index in [-0.39, 0.29) is 11.8 Å². The van der Waals surface area contributed by atoms with Crippen LogP contribution in [0.25, 0.3) is 0 Å². The van der Waals surface area contributed by atoms with Gasteiger partial charge in [0.25, 0.3) is 5.91 Å². The van der Waals surface area contributed by atoms with Crippen molar-refractivity contribution in [3.8, 4) is 0 Å². The molecule has 1 heterocycles. The average molecular weight is 359 g/mol. The molecule has 0 radical (unpaired) electrons. The second kappa shape index (κ2) is 8.45. The normalized spacial score (nSPS) is 16.4. The van der Waals surface area contributed by atoms with E-state index in [4.69, 9.17) is 11.6 Å². The summed E-state index contributed by atoms with van der Waals surface area (Å²) >= 11 is 6.21. The number of aliphatic hydroxyl groups excluding tert-OH is 1. The summed E-state index contributed by atoms with van der Waals surface area (Å²) in [6.07, 6.45) is 6.89. The summed E-state index contributed by atoms with van der Waals surface area (Å²) in [5.74, 6) is -0.195. The van der Waals surface area contributed by atoms with Gasteiger partial charge in [-0.25, -0.2) is 0 Å². The molecule has 4 nitrogen and oxygen atoms in total. The van der Waals surface area contributed by atoms with Gasteiger partial charge in [-0.3, -0.25) is 9.78 Å². The Kier molecular flexibility index (Phi) is 6.05. The maximum atomic E-state index is 12.6. The van der Waals surface area contributed by atoms with E-state index in [1.165, 1.54) is 6.42 Å². The lowest BCUT2D eigenvalue weighted by atomic mass is 9.88. The van der Waals surface area contributed by atoms with Gasteiger partial charge < -0.3 is 10.4 Å². The summed E-state index contributed by atoms with van der Waals surface area (Å²) in [6.45, 7) is 0. The zero-order valence-corrected chi connectivity index (χ0v) is 14.9. The lowest BCUT2D eigenvalue weighted by Crippen LogP contribution is -2.41. The molecule has 1 fully saturated rings. The third-order valence-electron chi connectivity index (χ3n) is 4.76. The van der Waals surface area contributed by atoms with Gasteiger partial charge in [0.05, 0.1) is 10.6 Å². The molecule has 5 heteroatoms. The summed E-state index contributed by atoms with van der Waals surface area (Å²) in [5.41, 5.74) is 2.28. The number of carbonyl (C=O) groups excluding carboxylic acids is 1. The minimum atomic E-state index is -0.816. The monoisotopic (exact) mass is 358 g/mol. The van der Waals surface area contributed by atoms with E-state index in [1.54, 1.807) is 18.3 Å². The SMILES string of the molecule is O=C(NC(O)C1CCCCC1)c1cc(Cc2ccccn2)ccc1Cl. The average Bonchev–Trinajstić information content (AvgIpc) is 2.65. The van der Waals surface area contributed by atoms with Crippen LogP contribution in [0.2, 0.25) is 5.02 Å². The first kappa shape index (κ1) is 17.9. The number of pyridine rings is 1. The summed E-state index contributed by atoms with van der Waals surface area (Å²) in [7, 11) is 0. The summed E-state index contributed by atoms with van der Waals surface area (Å²) < 4.78 is 0. The quantitative estimate of drug-likeness (QED) is 0.795. The van der Waals surface area contributed by atoms with Gasteiger partial charge in [-0.05, 0) is 42.7 Å². The summed E-state index contributed by atoms with van der Waals surface area (Å²) in [5, 5.41) is 13.4. The van der Waals surface area contributed by atoms with Gasteiger partial charge in [0.1, 0.15) is 6.23 Å². The van der Waals surface area contributed by atoms with Crippen molar-refractivity contribution < 1.29 is 9.90 Å². The molecule has 1 saturated carbocycles. The Labute approximate surface area is 153 Å². The number of halogens is 1. The van der Waals surface area contributed by atoms with Crippen molar-refractivity contribution >= 4 is 17.5 Å². The molecule has 0 bridgehead atoms. The van der Waals surface area contributed by atoms with Crippen molar-refractivity contribution in [2.24, 2.45) is 5.92 Å². The summed E-state index contributed by atoms with van der Waals surface area (Å²) in [4.78, 5) is 16.9. The smallest absolute Gasteiger partial charge is 0.254 e. The number of amides is 1. The molecule has 1 unspecified atom stereocenters. The van der Waals surface area contributed by atoms with Crippen LogP contribution in [0.5, 0.6) is 0 Å². The molecule has 0 spiro atoms. The third-order valence-corrected chi connectivity index (χ3v) is 5.09. The highest BCUT2D eigenvalue weighted by molar-refractivity contribution is 6.33. The van der Waals surface area contributed by atoms with Crippen LogP contribution >= 0.6 is 11.6 Å². The number of aromatic nitrogens is 1. The second-order valence-corrected chi connectivity index (χ2v) is 7.04. The van der Waals surface area contributed by atoms with E-state index in [2.05, 4.69) is 10.3 Å².